The summed E-state index contributed by atoms with van der Waals surface area (Å²) in [5.74, 6) is 0.0101. The molecule has 6 heteroatoms. The Morgan fingerprint density at radius 3 is 2.92 bits per heavy atom. The Morgan fingerprint density at radius 1 is 1.36 bits per heavy atom. The molecular formula is C19H16N4O2. The van der Waals surface area contributed by atoms with Crippen molar-refractivity contribution >= 4 is 12.0 Å². The fourth-order valence-electron chi connectivity index (χ4n) is 2.38. The lowest BCUT2D eigenvalue weighted by Gasteiger charge is -2.15. The Kier molecular flexibility index (Phi) is 4.77. The first-order valence-corrected chi connectivity index (χ1v) is 7.73. The molecule has 25 heavy (non-hydrogen) atoms. The summed E-state index contributed by atoms with van der Waals surface area (Å²) in [5.41, 5.74) is 1.80. The van der Waals surface area contributed by atoms with Crippen molar-refractivity contribution in [1.29, 1.82) is 5.26 Å². The highest BCUT2D eigenvalue weighted by atomic mass is 16.3. The van der Waals surface area contributed by atoms with Crippen LogP contribution in [0.5, 0.6) is 0 Å². The lowest BCUT2D eigenvalue weighted by molar-refractivity contribution is -0.117. The van der Waals surface area contributed by atoms with Crippen molar-refractivity contribution in [3.63, 3.8) is 0 Å². The van der Waals surface area contributed by atoms with Crippen molar-refractivity contribution in [2.24, 2.45) is 0 Å². The van der Waals surface area contributed by atoms with Gasteiger partial charge in [0.25, 0.3) is 5.91 Å². The van der Waals surface area contributed by atoms with Gasteiger partial charge in [0, 0.05) is 18.5 Å². The van der Waals surface area contributed by atoms with Crippen molar-refractivity contribution in [1.82, 2.24) is 15.1 Å². The molecule has 2 aromatic heterocycles. The van der Waals surface area contributed by atoms with Crippen molar-refractivity contribution < 1.29 is 9.21 Å². The minimum absolute atomic E-state index is 0.00923. The lowest BCUT2D eigenvalue weighted by Crippen LogP contribution is -2.27. The highest BCUT2D eigenvalue weighted by molar-refractivity contribution is 6.01. The molecule has 0 radical (unpaired) electrons. The van der Waals surface area contributed by atoms with Crippen LogP contribution >= 0.6 is 0 Å². The van der Waals surface area contributed by atoms with Crippen LogP contribution in [0.4, 0.5) is 0 Å². The van der Waals surface area contributed by atoms with Gasteiger partial charge >= 0.3 is 0 Å². The number of hydrogen-bond acceptors (Lipinski definition) is 4. The van der Waals surface area contributed by atoms with Crippen LogP contribution in [0.3, 0.4) is 0 Å². The number of rotatable bonds is 5. The van der Waals surface area contributed by atoms with Gasteiger partial charge in [-0.3, -0.25) is 4.79 Å². The van der Waals surface area contributed by atoms with Gasteiger partial charge in [0.15, 0.2) is 0 Å². The molecule has 0 bridgehead atoms. The minimum Gasteiger partial charge on any atom is -0.465 e. The summed E-state index contributed by atoms with van der Waals surface area (Å²) in [7, 11) is 0. The SMILES string of the molecule is CC(NC(=O)C(C#N)=Cc1ccco1)c1cccc(-n2cccn2)c1. The first-order chi connectivity index (χ1) is 12.2. The zero-order valence-corrected chi connectivity index (χ0v) is 13.6. The van der Waals surface area contributed by atoms with Crippen molar-refractivity contribution in [3.05, 3.63) is 78.0 Å². The van der Waals surface area contributed by atoms with Gasteiger partial charge in [-0.15, -0.1) is 0 Å². The summed E-state index contributed by atoms with van der Waals surface area (Å²) in [6.45, 7) is 1.86. The van der Waals surface area contributed by atoms with Crippen LogP contribution in [0.2, 0.25) is 0 Å². The zero-order chi connectivity index (χ0) is 17.6. The van der Waals surface area contributed by atoms with Gasteiger partial charge in [-0.25, -0.2) is 4.68 Å². The smallest absolute Gasteiger partial charge is 0.262 e. The van der Waals surface area contributed by atoms with E-state index in [1.165, 1.54) is 12.3 Å². The number of carbonyl (C=O) groups is 1. The van der Waals surface area contributed by atoms with Crippen molar-refractivity contribution in [2.75, 3.05) is 0 Å². The first kappa shape index (κ1) is 16.3. The number of hydrogen-bond donors (Lipinski definition) is 1. The topological polar surface area (TPSA) is 83.9 Å². The summed E-state index contributed by atoms with van der Waals surface area (Å²) in [6, 6.07) is 14.6. The van der Waals surface area contributed by atoms with Crippen LogP contribution in [0.25, 0.3) is 11.8 Å². The van der Waals surface area contributed by atoms with Gasteiger partial charge in [-0.1, -0.05) is 12.1 Å². The van der Waals surface area contributed by atoms with E-state index >= 15 is 0 Å². The molecule has 0 aliphatic rings. The van der Waals surface area contributed by atoms with Crippen LogP contribution in [-0.2, 0) is 4.79 Å². The molecule has 0 spiro atoms. The normalized spacial score (nSPS) is 12.4. The number of benzene rings is 1. The van der Waals surface area contributed by atoms with Gasteiger partial charge in [0.05, 0.1) is 18.0 Å². The highest BCUT2D eigenvalue weighted by Crippen LogP contribution is 2.17. The molecule has 0 saturated carbocycles. The van der Waals surface area contributed by atoms with Gasteiger partial charge in [0.2, 0.25) is 0 Å². The highest BCUT2D eigenvalue weighted by Gasteiger charge is 2.15. The van der Waals surface area contributed by atoms with Crippen molar-refractivity contribution in [2.45, 2.75) is 13.0 Å². The number of nitrogens with one attached hydrogen (secondary N) is 1. The summed E-state index contributed by atoms with van der Waals surface area (Å²) in [6.07, 6.45) is 6.46. The summed E-state index contributed by atoms with van der Waals surface area (Å²) in [5, 5.41) is 16.2. The molecule has 1 atom stereocenters. The number of furan rings is 1. The third kappa shape index (κ3) is 3.85. The minimum atomic E-state index is -0.448. The van der Waals surface area contributed by atoms with E-state index in [9.17, 15) is 10.1 Å². The van der Waals surface area contributed by atoms with Gasteiger partial charge in [-0.2, -0.15) is 10.4 Å². The van der Waals surface area contributed by atoms with E-state index in [0.717, 1.165) is 11.3 Å². The number of nitrogens with zero attached hydrogens (tertiary/aromatic N) is 3. The number of nitriles is 1. The molecule has 1 amide bonds. The fourth-order valence-corrected chi connectivity index (χ4v) is 2.38. The van der Waals surface area contributed by atoms with Gasteiger partial charge in [-0.05, 0) is 42.8 Å². The average Bonchev–Trinajstić information content (AvgIpc) is 3.33. The second kappa shape index (κ2) is 7.32. The molecule has 3 rings (SSSR count). The maximum absolute atomic E-state index is 12.3. The van der Waals surface area contributed by atoms with Crippen LogP contribution in [-0.4, -0.2) is 15.7 Å². The van der Waals surface area contributed by atoms with E-state index in [1.54, 1.807) is 23.0 Å². The largest absolute Gasteiger partial charge is 0.465 e. The molecule has 0 aliphatic carbocycles. The molecule has 1 N–H and O–H groups in total. The monoisotopic (exact) mass is 332 g/mol. The van der Waals surface area contributed by atoms with Crippen LogP contribution in [0, 0.1) is 11.3 Å². The second-order valence-corrected chi connectivity index (χ2v) is 5.43. The Bertz CT molecular complexity index is 919. The van der Waals surface area contributed by atoms with E-state index in [0.29, 0.717) is 5.76 Å². The van der Waals surface area contributed by atoms with Crippen molar-refractivity contribution in [3.8, 4) is 11.8 Å². The summed E-state index contributed by atoms with van der Waals surface area (Å²) >= 11 is 0. The predicted octanol–water partition coefficient (Wildman–Crippen LogP) is 3.25. The molecular weight excluding hydrogens is 316 g/mol. The quantitative estimate of drug-likeness (QED) is 0.574. The molecule has 1 unspecified atom stereocenters. The Balaban J connectivity index is 1.75. The third-order valence-electron chi connectivity index (χ3n) is 3.68. The molecule has 6 nitrogen and oxygen atoms in total. The van der Waals surface area contributed by atoms with E-state index in [2.05, 4.69) is 10.4 Å². The first-order valence-electron chi connectivity index (χ1n) is 7.73. The van der Waals surface area contributed by atoms with E-state index in [4.69, 9.17) is 4.42 Å². The lowest BCUT2D eigenvalue weighted by atomic mass is 10.1. The molecule has 1 aromatic carbocycles. The summed E-state index contributed by atoms with van der Waals surface area (Å²) in [4.78, 5) is 12.3. The Morgan fingerprint density at radius 2 is 2.24 bits per heavy atom. The van der Waals surface area contributed by atoms with E-state index < -0.39 is 5.91 Å². The van der Waals surface area contributed by atoms with Crippen LogP contribution < -0.4 is 5.32 Å². The van der Waals surface area contributed by atoms with Gasteiger partial charge in [0.1, 0.15) is 17.4 Å². The number of amides is 1. The maximum Gasteiger partial charge on any atom is 0.262 e. The standard InChI is InChI=1S/C19H16N4O2/c1-14(15-5-2-6-17(11-15)23-9-4-8-21-23)22-19(24)16(13-20)12-18-7-3-10-25-18/h2-12,14H,1H3,(H,22,24). The Hall–Kier alpha value is -3.59. The predicted molar refractivity (Wildman–Crippen MR) is 92.4 cm³/mol. The Labute approximate surface area is 145 Å². The number of aromatic nitrogens is 2. The molecule has 2 heterocycles. The van der Waals surface area contributed by atoms with Crippen LogP contribution in [0.15, 0.2) is 71.1 Å². The number of carbonyl (C=O) groups excluding carboxylic acids is 1. The molecule has 0 fully saturated rings. The van der Waals surface area contributed by atoms with E-state index in [-0.39, 0.29) is 11.6 Å². The van der Waals surface area contributed by atoms with E-state index in [1.807, 2.05) is 49.5 Å². The fraction of sp³-hybridized carbons (Fsp3) is 0.105. The molecule has 124 valence electrons. The molecule has 3 aromatic rings. The van der Waals surface area contributed by atoms with Crippen LogP contribution in [0.1, 0.15) is 24.3 Å². The average molecular weight is 332 g/mol. The maximum atomic E-state index is 12.3. The summed E-state index contributed by atoms with van der Waals surface area (Å²) < 4.78 is 6.89. The molecule has 0 saturated heterocycles. The second-order valence-electron chi connectivity index (χ2n) is 5.43. The molecule has 0 aliphatic heterocycles. The third-order valence-corrected chi connectivity index (χ3v) is 3.68. The zero-order valence-electron chi connectivity index (χ0n) is 13.6. The van der Waals surface area contributed by atoms with Gasteiger partial charge < -0.3 is 9.73 Å².